The number of rotatable bonds is 1. The van der Waals surface area contributed by atoms with Gasteiger partial charge < -0.3 is 4.74 Å². The molecule has 0 aliphatic carbocycles. The molecule has 7 heavy (non-hydrogen) atoms. The lowest BCUT2D eigenvalue weighted by Gasteiger charge is -1.90. The van der Waals surface area contributed by atoms with Crippen LogP contribution in [-0.2, 0) is 4.74 Å². The number of carbonyl (C=O) groups excluding carboxylic acids is 1. The van der Waals surface area contributed by atoms with Crippen molar-refractivity contribution in [1.29, 1.82) is 0 Å². The van der Waals surface area contributed by atoms with E-state index in [0.29, 0.717) is 0 Å². The Morgan fingerprint density at radius 1 is 1.86 bits per heavy atom. The Morgan fingerprint density at radius 3 is 2.57 bits per heavy atom. The summed E-state index contributed by atoms with van der Waals surface area (Å²) in [6, 6.07) is 0. The fraction of sp³-hybridized carbons (Fsp3) is 0.750. The third kappa shape index (κ3) is 3.66. The van der Waals surface area contributed by atoms with E-state index in [-0.39, 0.29) is 5.30 Å². The van der Waals surface area contributed by atoms with Gasteiger partial charge in [0.1, 0.15) is 0 Å². The van der Waals surface area contributed by atoms with Crippen LogP contribution in [0.1, 0.15) is 6.92 Å². The van der Waals surface area contributed by atoms with E-state index in [1.807, 2.05) is 6.92 Å². The van der Waals surface area contributed by atoms with Crippen molar-refractivity contribution in [2.24, 2.45) is 0 Å². The van der Waals surface area contributed by atoms with Gasteiger partial charge in [-0.15, -0.1) is 0 Å². The summed E-state index contributed by atoms with van der Waals surface area (Å²) in [6.07, 6.45) is 0. The maximum atomic E-state index is 10.2. The van der Waals surface area contributed by atoms with Gasteiger partial charge in [0.2, 0.25) is 0 Å². The summed E-state index contributed by atoms with van der Waals surface area (Å²) < 4.78 is 4.31. The molecule has 0 unspecified atom stereocenters. The zero-order valence-corrected chi connectivity index (χ0v) is 5.25. The van der Waals surface area contributed by atoms with E-state index >= 15 is 0 Å². The molecular formula is C4H8O2S. The normalized spacial score (nSPS) is 8.29. The largest absolute Gasteiger partial charge is 0.461 e. The van der Waals surface area contributed by atoms with Crippen LogP contribution in [0.15, 0.2) is 0 Å². The van der Waals surface area contributed by atoms with Gasteiger partial charge in [-0.3, -0.25) is 0 Å². The van der Waals surface area contributed by atoms with Crippen molar-refractivity contribution in [3.05, 3.63) is 0 Å². The van der Waals surface area contributed by atoms with Crippen LogP contribution in [-0.4, -0.2) is 18.2 Å². The van der Waals surface area contributed by atoms with Crippen LogP contribution in [0.25, 0.3) is 0 Å². The summed E-state index contributed by atoms with van der Waals surface area (Å²) in [5.74, 6) is 0.784. The standard InChI is InChI=1S/C4H8O2S/c1-3-7-4(5)6-2/h3H2,1-2H3. The molecule has 42 valence electrons. The second-order valence-electron chi connectivity index (χ2n) is 0.887. The first-order valence-electron chi connectivity index (χ1n) is 2.02. The van der Waals surface area contributed by atoms with Crippen LogP contribution in [0.4, 0.5) is 4.79 Å². The van der Waals surface area contributed by atoms with Crippen molar-refractivity contribution in [1.82, 2.24) is 0 Å². The molecule has 0 atom stereocenters. The van der Waals surface area contributed by atoms with Crippen LogP contribution in [0.5, 0.6) is 0 Å². The van der Waals surface area contributed by atoms with Crippen LogP contribution in [0, 0.1) is 0 Å². The van der Waals surface area contributed by atoms with Gasteiger partial charge in [0, 0.05) is 5.75 Å². The SMILES string of the molecule is CCSC(=O)OC. The first-order chi connectivity index (χ1) is 3.31. The molecule has 0 heterocycles. The Labute approximate surface area is 47.2 Å². The minimum absolute atomic E-state index is 0.206. The predicted molar refractivity (Wildman–Crippen MR) is 30.5 cm³/mol. The topological polar surface area (TPSA) is 26.3 Å². The van der Waals surface area contributed by atoms with Crippen molar-refractivity contribution >= 4 is 17.1 Å². The summed E-state index contributed by atoms with van der Waals surface area (Å²) >= 11 is 1.17. The Bertz CT molecular complexity index is 62.7. The molecule has 0 bridgehead atoms. The second kappa shape index (κ2) is 3.99. The fourth-order valence-electron chi connectivity index (χ4n) is 0.177. The van der Waals surface area contributed by atoms with Gasteiger partial charge in [0.15, 0.2) is 0 Å². The van der Waals surface area contributed by atoms with Crippen LogP contribution < -0.4 is 0 Å². The van der Waals surface area contributed by atoms with E-state index in [4.69, 9.17) is 0 Å². The summed E-state index contributed by atoms with van der Waals surface area (Å²) in [6.45, 7) is 1.90. The predicted octanol–water partition coefficient (Wildman–Crippen LogP) is 1.51. The average Bonchev–Trinajstić information content (AvgIpc) is 1.68. The minimum Gasteiger partial charge on any atom is -0.461 e. The molecule has 0 radical (unpaired) electrons. The van der Waals surface area contributed by atoms with Crippen LogP contribution >= 0.6 is 11.8 Å². The zero-order chi connectivity index (χ0) is 5.70. The summed E-state index contributed by atoms with van der Waals surface area (Å²) in [4.78, 5) is 10.2. The molecule has 0 amide bonds. The Kier molecular flexibility index (Phi) is 3.89. The Hall–Kier alpha value is -0.180. The smallest absolute Gasteiger partial charge is 0.367 e. The first kappa shape index (κ1) is 6.82. The monoisotopic (exact) mass is 120 g/mol. The van der Waals surface area contributed by atoms with E-state index in [1.165, 1.54) is 18.9 Å². The fourth-order valence-corrected chi connectivity index (χ4v) is 0.530. The van der Waals surface area contributed by atoms with Crippen molar-refractivity contribution in [3.63, 3.8) is 0 Å². The lowest BCUT2D eigenvalue weighted by atomic mass is 11.0. The summed E-state index contributed by atoms with van der Waals surface area (Å²) in [7, 11) is 1.38. The molecule has 0 saturated heterocycles. The number of ether oxygens (including phenoxy) is 1. The molecule has 3 heteroatoms. The molecule has 0 aromatic carbocycles. The lowest BCUT2D eigenvalue weighted by molar-refractivity contribution is 0.200. The molecule has 0 aromatic heterocycles. The molecule has 0 N–H and O–H groups in total. The Balaban J connectivity index is 3.00. The third-order valence-electron chi connectivity index (χ3n) is 0.429. The number of methoxy groups -OCH3 is 1. The van der Waals surface area contributed by atoms with Gasteiger partial charge >= 0.3 is 5.30 Å². The van der Waals surface area contributed by atoms with Gasteiger partial charge in [-0.1, -0.05) is 6.92 Å². The van der Waals surface area contributed by atoms with Crippen molar-refractivity contribution in [2.45, 2.75) is 6.92 Å². The highest BCUT2D eigenvalue weighted by atomic mass is 32.2. The zero-order valence-electron chi connectivity index (χ0n) is 4.43. The van der Waals surface area contributed by atoms with Crippen LogP contribution in [0.2, 0.25) is 0 Å². The molecular weight excluding hydrogens is 112 g/mol. The molecule has 0 fully saturated rings. The van der Waals surface area contributed by atoms with E-state index in [0.717, 1.165) is 5.75 Å². The van der Waals surface area contributed by atoms with E-state index in [9.17, 15) is 4.79 Å². The maximum absolute atomic E-state index is 10.2. The molecule has 0 saturated carbocycles. The Morgan fingerprint density at radius 2 is 2.43 bits per heavy atom. The lowest BCUT2D eigenvalue weighted by Crippen LogP contribution is -1.89. The highest BCUT2D eigenvalue weighted by molar-refractivity contribution is 8.13. The summed E-state index contributed by atoms with van der Waals surface area (Å²) in [5.41, 5.74) is 0. The average molecular weight is 120 g/mol. The number of carbonyl (C=O) groups is 1. The quantitative estimate of drug-likeness (QED) is 0.490. The molecule has 0 aromatic rings. The summed E-state index contributed by atoms with van der Waals surface area (Å²) in [5, 5.41) is -0.206. The number of hydrogen-bond acceptors (Lipinski definition) is 3. The maximum Gasteiger partial charge on any atom is 0.367 e. The van der Waals surface area contributed by atoms with Crippen molar-refractivity contribution < 1.29 is 9.53 Å². The van der Waals surface area contributed by atoms with Crippen molar-refractivity contribution in [2.75, 3.05) is 12.9 Å². The van der Waals surface area contributed by atoms with E-state index < -0.39 is 0 Å². The molecule has 0 aliphatic rings. The molecule has 0 spiro atoms. The molecule has 0 aliphatic heterocycles. The highest BCUT2D eigenvalue weighted by Crippen LogP contribution is 2.00. The van der Waals surface area contributed by atoms with E-state index in [1.54, 1.807) is 0 Å². The van der Waals surface area contributed by atoms with Crippen molar-refractivity contribution in [3.8, 4) is 0 Å². The number of thioether (sulfide) groups is 1. The third-order valence-corrected chi connectivity index (χ3v) is 1.12. The second-order valence-corrected chi connectivity index (χ2v) is 2.09. The van der Waals surface area contributed by atoms with E-state index in [2.05, 4.69) is 4.74 Å². The number of hydrogen-bond donors (Lipinski definition) is 0. The van der Waals surface area contributed by atoms with Gasteiger partial charge in [-0.25, -0.2) is 4.79 Å². The molecule has 0 rings (SSSR count). The van der Waals surface area contributed by atoms with Gasteiger partial charge in [0.05, 0.1) is 7.11 Å². The van der Waals surface area contributed by atoms with Gasteiger partial charge in [0.25, 0.3) is 0 Å². The first-order valence-corrected chi connectivity index (χ1v) is 3.00. The highest BCUT2D eigenvalue weighted by Gasteiger charge is 1.93. The van der Waals surface area contributed by atoms with Crippen LogP contribution in [0.3, 0.4) is 0 Å². The minimum atomic E-state index is -0.206. The van der Waals surface area contributed by atoms with Gasteiger partial charge in [-0.05, 0) is 11.8 Å². The van der Waals surface area contributed by atoms with Gasteiger partial charge in [-0.2, -0.15) is 0 Å². The molecule has 2 nitrogen and oxygen atoms in total.